The monoisotopic (exact) mass is 345 g/mol. The smallest absolute Gasteiger partial charge is 0.183 e. The zero-order valence-corrected chi connectivity index (χ0v) is 14.4. The Hall–Kier alpha value is -1.17. The molecule has 3 heterocycles. The van der Waals surface area contributed by atoms with Gasteiger partial charge in [-0.05, 0) is 58.5 Å². The van der Waals surface area contributed by atoms with E-state index in [1.807, 2.05) is 12.1 Å². The molecule has 2 aromatic rings. The van der Waals surface area contributed by atoms with Crippen molar-refractivity contribution in [3.05, 3.63) is 40.6 Å². The molecule has 3 nitrogen and oxygen atoms in total. The Bertz CT molecular complexity index is 853. The molecule has 0 bridgehead atoms. The molecule has 5 heteroatoms. The predicted molar refractivity (Wildman–Crippen MR) is 92.7 cm³/mol. The number of nitrogens with zero attached hydrogens (tertiary/aromatic N) is 1. The SMILES string of the molecule is O=S1(=O)c2ccc(-c3ccsc3)cc2[C@@H]2CN(C3CCC3)C[C@@H]21. The van der Waals surface area contributed by atoms with Gasteiger partial charge >= 0.3 is 0 Å². The number of fused-ring (bicyclic) bond motifs is 3. The second kappa shape index (κ2) is 4.91. The van der Waals surface area contributed by atoms with Crippen LogP contribution in [0.3, 0.4) is 0 Å². The van der Waals surface area contributed by atoms with Gasteiger partial charge in [0, 0.05) is 25.0 Å². The summed E-state index contributed by atoms with van der Waals surface area (Å²) in [4.78, 5) is 3.01. The van der Waals surface area contributed by atoms with Gasteiger partial charge in [-0.3, -0.25) is 4.90 Å². The van der Waals surface area contributed by atoms with Crippen LogP contribution >= 0.6 is 11.3 Å². The number of likely N-dealkylation sites (tertiary alicyclic amines) is 1. The molecule has 1 saturated heterocycles. The lowest BCUT2D eigenvalue weighted by molar-refractivity contribution is 0.157. The standard InChI is InChI=1S/C18H19NO2S2/c20-23(21)17-5-4-12(13-6-7-22-11-13)8-15(17)16-9-19(10-18(16)23)14-2-1-3-14/h4-8,11,14,16,18H,1-3,9-10H2/t16-,18-/m0/s1. The van der Waals surface area contributed by atoms with Crippen molar-refractivity contribution < 1.29 is 8.42 Å². The zero-order valence-electron chi connectivity index (χ0n) is 12.8. The van der Waals surface area contributed by atoms with Crippen LogP contribution in [0.25, 0.3) is 11.1 Å². The summed E-state index contributed by atoms with van der Waals surface area (Å²) in [6, 6.07) is 8.65. The summed E-state index contributed by atoms with van der Waals surface area (Å²) >= 11 is 1.68. The normalized spacial score (nSPS) is 29.2. The van der Waals surface area contributed by atoms with Gasteiger partial charge in [-0.25, -0.2) is 8.42 Å². The molecule has 3 aliphatic rings. The lowest BCUT2D eigenvalue weighted by Gasteiger charge is -2.35. The van der Waals surface area contributed by atoms with E-state index in [4.69, 9.17) is 0 Å². The van der Waals surface area contributed by atoms with Crippen LogP contribution in [0.5, 0.6) is 0 Å². The molecule has 1 aromatic carbocycles. The predicted octanol–water partition coefficient (Wildman–Crippen LogP) is 3.52. The van der Waals surface area contributed by atoms with Crippen LogP contribution in [0.2, 0.25) is 0 Å². The molecule has 0 amide bonds. The minimum Gasteiger partial charge on any atom is -0.298 e. The number of benzene rings is 1. The maximum atomic E-state index is 12.9. The highest BCUT2D eigenvalue weighted by atomic mass is 32.2. The van der Waals surface area contributed by atoms with Crippen molar-refractivity contribution in [2.75, 3.05) is 13.1 Å². The van der Waals surface area contributed by atoms with Gasteiger partial charge in [0.05, 0.1) is 10.1 Å². The van der Waals surface area contributed by atoms with Gasteiger partial charge in [0.2, 0.25) is 0 Å². The second-order valence-corrected chi connectivity index (χ2v) is 9.91. The molecular weight excluding hydrogens is 326 g/mol. The number of rotatable bonds is 2. The first kappa shape index (κ1) is 14.2. The molecule has 120 valence electrons. The summed E-state index contributed by atoms with van der Waals surface area (Å²) < 4.78 is 25.8. The van der Waals surface area contributed by atoms with Crippen LogP contribution in [0, 0.1) is 0 Å². The highest BCUT2D eigenvalue weighted by molar-refractivity contribution is 7.92. The molecule has 2 aliphatic heterocycles. The van der Waals surface area contributed by atoms with Gasteiger partial charge in [0.15, 0.2) is 9.84 Å². The highest BCUT2D eigenvalue weighted by Crippen LogP contribution is 2.47. The van der Waals surface area contributed by atoms with Crippen LogP contribution < -0.4 is 0 Å². The number of hydrogen-bond acceptors (Lipinski definition) is 4. The first-order chi connectivity index (χ1) is 11.1. The summed E-state index contributed by atoms with van der Waals surface area (Å²) in [5.41, 5.74) is 3.39. The first-order valence-electron chi connectivity index (χ1n) is 8.29. The Morgan fingerprint density at radius 2 is 1.96 bits per heavy atom. The fourth-order valence-electron chi connectivity index (χ4n) is 4.33. The maximum Gasteiger partial charge on any atom is 0.183 e. The molecule has 0 unspecified atom stereocenters. The summed E-state index contributed by atoms with van der Waals surface area (Å²) in [5, 5.41) is 3.96. The minimum atomic E-state index is -3.16. The molecule has 0 spiro atoms. The second-order valence-electron chi connectivity index (χ2n) is 6.99. The quantitative estimate of drug-likeness (QED) is 0.836. The number of thiophene rings is 1. The van der Waals surface area contributed by atoms with Crippen LogP contribution in [0.15, 0.2) is 39.9 Å². The molecule has 2 fully saturated rings. The maximum absolute atomic E-state index is 12.9. The van der Waals surface area contributed by atoms with E-state index in [0.29, 0.717) is 10.9 Å². The van der Waals surface area contributed by atoms with Crippen LogP contribution in [-0.2, 0) is 9.84 Å². The summed E-state index contributed by atoms with van der Waals surface area (Å²) in [6.45, 7) is 1.63. The van der Waals surface area contributed by atoms with Crippen LogP contribution in [-0.4, -0.2) is 37.7 Å². The third-order valence-corrected chi connectivity index (χ3v) is 8.80. The van der Waals surface area contributed by atoms with Gasteiger partial charge in [0.1, 0.15) is 0 Å². The number of hydrogen-bond donors (Lipinski definition) is 0. The average Bonchev–Trinajstić information content (AvgIpc) is 3.17. The lowest BCUT2D eigenvalue weighted by atomic mass is 9.91. The lowest BCUT2D eigenvalue weighted by Crippen LogP contribution is -2.39. The van der Waals surface area contributed by atoms with Crippen molar-refractivity contribution in [2.24, 2.45) is 0 Å². The van der Waals surface area contributed by atoms with Crippen LogP contribution in [0.4, 0.5) is 0 Å². The highest BCUT2D eigenvalue weighted by Gasteiger charge is 2.51. The van der Waals surface area contributed by atoms with Crippen molar-refractivity contribution in [2.45, 2.75) is 41.4 Å². The Balaban J connectivity index is 1.57. The van der Waals surface area contributed by atoms with E-state index >= 15 is 0 Å². The number of sulfone groups is 1. The van der Waals surface area contributed by atoms with E-state index in [9.17, 15) is 8.42 Å². The molecule has 2 atom stereocenters. The molecule has 23 heavy (non-hydrogen) atoms. The van der Waals surface area contributed by atoms with Crippen LogP contribution in [0.1, 0.15) is 30.7 Å². The summed E-state index contributed by atoms with van der Waals surface area (Å²) in [7, 11) is -3.16. The third-order valence-electron chi connectivity index (χ3n) is 5.85. The molecular formula is C18H19NO2S2. The third kappa shape index (κ3) is 2.00. The summed E-state index contributed by atoms with van der Waals surface area (Å²) in [6.07, 6.45) is 3.77. The molecule has 5 rings (SSSR count). The van der Waals surface area contributed by atoms with Gasteiger partial charge in [0.25, 0.3) is 0 Å². The molecule has 1 saturated carbocycles. The van der Waals surface area contributed by atoms with Gasteiger partial charge in [-0.15, -0.1) is 0 Å². The van der Waals surface area contributed by atoms with Crippen molar-refractivity contribution in [1.82, 2.24) is 4.90 Å². The van der Waals surface area contributed by atoms with E-state index in [0.717, 1.165) is 24.2 Å². The molecule has 1 aliphatic carbocycles. The van der Waals surface area contributed by atoms with E-state index in [1.54, 1.807) is 11.3 Å². The molecule has 0 radical (unpaired) electrons. The first-order valence-corrected chi connectivity index (χ1v) is 10.8. The van der Waals surface area contributed by atoms with E-state index in [-0.39, 0.29) is 11.2 Å². The largest absolute Gasteiger partial charge is 0.298 e. The average molecular weight is 345 g/mol. The van der Waals surface area contributed by atoms with Crippen molar-refractivity contribution in [1.29, 1.82) is 0 Å². The van der Waals surface area contributed by atoms with Crippen molar-refractivity contribution >= 4 is 21.2 Å². The van der Waals surface area contributed by atoms with Gasteiger partial charge < -0.3 is 0 Å². The Labute approximate surface area is 140 Å². The van der Waals surface area contributed by atoms with Crippen molar-refractivity contribution in [3.8, 4) is 11.1 Å². The molecule has 1 aromatic heterocycles. The van der Waals surface area contributed by atoms with Crippen molar-refractivity contribution in [3.63, 3.8) is 0 Å². The molecule has 0 N–H and O–H groups in total. The fraction of sp³-hybridized carbons (Fsp3) is 0.444. The van der Waals surface area contributed by atoms with Gasteiger partial charge in [-0.1, -0.05) is 12.5 Å². The minimum absolute atomic E-state index is 0.161. The Kier molecular flexibility index (Phi) is 3.03. The Morgan fingerprint density at radius 3 is 2.65 bits per heavy atom. The van der Waals surface area contributed by atoms with E-state index in [2.05, 4.69) is 27.8 Å². The van der Waals surface area contributed by atoms with Gasteiger partial charge in [-0.2, -0.15) is 11.3 Å². The van der Waals surface area contributed by atoms with E-state index in [1.165, 1.54) is 24.8 Å². The van der Waals surface area contributed by atoms with E-state index < -0.39 is 9.84 Å². The zero-order chi connectivity index (χ0) is 15.6. The topological polar surface area (TPSA) is 37.4 Å². The fourth-order valence-corrected chi connectivity index (χ4v) is 7.18. The Morgan fingerprint density at radius 1 is 1.09 bits per heavy atom. The summed E-state index contributed by atoms with van der Waals surface area (Å²) in [5.74, 6) is 0.161.